The van der Waals surface area contributed by atoms with Gasteiger partial charge in [0, 0.05) is 0 Å². The molecule has 0 aromatic rings. The van der Waals surface area contributed by atoms with E-state index in [2.05, 4.69) is 16.8 Å². The van der Waals surface area contributed by atoms with E-state index in [4.69, 9.17) is 13.0 Å². The van der Waals surface area contributed by atoms with Crippen molar-refractivity contribution in [2.75, 3.05) is 0 Å². The Labute approximate surface area is 41.1 Å². The van der Waals surface area contributed by atoms with Gasteiger partial charge in [-0.2, -0.15) is 8.42 Å². The normalized spacial score (nSPS) is 9.14. The van der Waals surface area contributed by atoms with Gasteiger partial charge in [-0.05, 0) is 0 Å². The molecular formula is H7N3O3S. The van der Waals surface area contributed by atoms with Gasteiger partial charge >= 0.3 is 10.3 Å². The molecule has 0 bridgehead atoms. The first-order valence-electron chi connectivity index (χ1n) is 1.08. The maximum Gasteiger partial charge on any atom is 0.330 e. The largest absolute Gasteiger partial charge is 0.330 e. The van der Waals surface area contributed by atoms with Crippen molar-refractivity contribution in [2.45, 2.75) is 0 Å². The van der Waals surface area contributed by atoms with Gasteiger partial charge in [-0.3, -0.25) is 16.2 Å². The average Bonchev–Trinajstić information content (AvgIpc) is 1.36. The van der Waals surface area contributed by atoms with Gasteiger partial charge in [0.25, 0.3) is 0 Å². The molecule has 0 atom stereocenters. The van der Waals surface area contributed by atoms with Gasteiger partial charge in [-0.25, -0.2) is 5.14 Å². The van der Waals surface area contributed by atoms with Crippen LogP contribution in [0, 0.1) is 0 Å². The minimum atomic E-state index is -4.17. The van der Waals surface area contributed by atoms with Crippen molar-refractivity contribution in [3.05, 3.63) is 0 Å². The quantitative estimate of drug-likeness (QED) is 0.164. The molecule has 0 rings (SSSR count). The first-order valence-corrected chi connectivity index (χ1v) is 2.59. The van der Waals surface area contributed by atoms with Crippen LogP contribution >= 0.6 is 0 Å². The molecule has 0 aromatic heterocycles. The fourth-order valence-corrected chi connectivity index (χ4v) is 0. The molecule has 0 spiro atoms. The number of rotatable bonds is 0. The molecular weight excluding hydrogens is 122 g/mol. The third-order valence-electron chi connectivity index (χ3n) is 0. The molecule has 46 valence electrons. The molecule has 0 amide bonds. The lowest BCUT2D eigenvalue weighted by Crippen LogP contribution is -2.08. The molecule has 0 aliphatic rings. The van der Waals surface area contributed by atoms with Crippen LogP contribution in [0.3, 0.4) is 0 Å². The summed E-state index contributed by atoms with van der Waals surface area (Å²) in [6, 6.07) is 0. The molecule has 0 aliphatic carbocycles. The van der Waals surface area contributed by atoms with Gasteiger partial charge in [0.15, 0.2) is 0 Å². The van der Waals surface area contributed by atoms with Crippen LogP contribution in [0.25, 0.3) is 0 Å². The fraction of sp³-hybridized carbons (Fsp3) is 0. The highest BCUT2D eigenvalue weighted by Crippen LogP contribution is 1.50. The van der Waals surface area contributed by atoms with E-state index in [1.165, 1.54) is 0 Å². The van der Waals surface area contributed by atoms with Crippen LogP contribution in [-0.2, 0) is 10.3 Å². The number of nitrogens with two attached hydrogens (primary N) is 3. The molecule has 7 heavy (non-hydrogen) atoms. The third-order valence-corrected chi connectivity index (χ3v) is 0. The summed E-state index contributed by atoms with van der Waals surface area (Å²) in [4.78, 5) is 0. The molecule has 0 unspecified atom stereocenters. The van der Waals surface area contributed by atoms with Gasteiger partial charge < -0.3 is 0 Å². The third kappa shape index (κ3) is 1890. The van der Waals surface area contributed by atoms with Crippen LogP contribution < -0.4 is 16.8 Å². The first kappa shape index (κ1) is 9.92. The topological polar surface area (TPSA) is 132 Å². The number of hydrogen-bond acceptors (Lipinski definition) is 4. The smallest absolute Gasteiger partial charge is 0.274 e. The Kier molecular flexibility index (Phi) is 5.62. The van der Waals surface area contributed by atoms with Crippen molar-refractivity contribution in [3.63, 3.8) is 0 Å². The Hall–Kier alpha value is -0.210. The summed E-state index contributed by atoms with van der Waals surface area (Å²) < 4.78 is 25.2. The van der Waals surface area contributed by atoms with Crippen LogP contribution in [-0.4, -0.2) is 13.0 Å². The first-order chi connectivity index (χ1) is 3.00. The van der Waals surface area contributed by atoms with E-state index in [9.17, 15) is 0 Å². The Balaban J connectivity index is 0. The molecule has 6 nitrogen and oxygen atoms in total. The standard InChI is InChI=1S/H4N2.H3NO3S/c1-2;1-5(2,3)4/h1-2H2;(H3,1,2,3,4). The predicted octanol–water partition coefficient (Wildman–Crippen LogP) is -2.43. The predicted molar refractivity (Wildman–Crippen MR) is 24.1 cm³/mol. The van der Waals surface area contributed by atoms with E-state index in [1.54, 1.807) is 0 Å². The summed E-state index contributed by atoms with van der Waals surface area (Å²) in [5, 5.41) is 3.88. The molecule has 0 aromatic carbocycles. The van der Waals surface area contributed by atoms with E-state index < -0.39 is 10.3 Å². The summed E-state index contributed by atoms with van der Waals surface area (Å²) in [5.41, 5.74) is 0. The summed E-state index contributed by atoms with van der Waals surface area (Å²) in [5.74, 6) is 8.00. The van der Waals surface area contributed by atoms with Crippen molar-refractivity contribution in [1.29, 1.82) is 0 Å². The lowest BCUT2D eigenvalue weighted by molar-refractivity contribution is 0.485. The van der Waals surface area contributed by atoms with Crippen LogP contribution in [0.4, 0.5) is 0 Å². The zero-order valence-electron chi connectivity index (χ0n) is 3.40. The van der Waals surface area contributed by atoms with Gasteiger partial charge in [0.1, 0.15) is 0 Å². The maximum atomic E-state index is 8.97. The second-order valence-electron chi connectivity index (χ2n) is 0.515. The van der Waals surface area contributed by atoms with Crippen molar-refractivity contribution in [1.82, 2.24) is 0 Å². The molecule has 0 heterocycles. The monoisotopic (exact) mass is 129 g/mol. The Morgan fingerprint density at radius 3 is 1.29 bits per heavy atom. The molecule has 0 saturated carbocycles. The zero-order valence-corrected chi connectivity index (χ0v) is 4.22. The SMILES string of the molecule is NN.NS(=O)(=O)O. The second-order valence-corrected chi connectivity index (χ2v) is 1.54. The van der Waals surface area contributed by atoms with Crippen LogP contribution in [0.1, 0.15) is 0 Å². The second kappa shape index (κ2) is 3.96. The van der Waals surface area contributed by atoms with Gasteiger partial charge in [0.05, 0.1) is 0 Å². The van der Waals surface area contributed by atoms with Crippen molar-refractivity contribution >= 4 is 10.3 Å². The summed E-state index contributed by atoms with van der Waals surface area (Å²) in [7, 11) is -4.17. The Bertz CT molecular complexity index is 93.3. The minimum absolute atomic E-state index is 3.88. The van der Waals surface area contributed by atoms with E-state index in [0.717, 1.165) is 0 Å². The van der Waals surface area contributed by atoms with E-state index >= 15 is 0 Å². The summed E-state index contributed by atoms with van der Waals surface area (Å²) in [6.07, 6.45) is 0. The van der Waals surface area contributed by atoms with E-state index in [-0.39, 0.29) is 0 Å². The fourth-order valence-electron chi connectivity index (χ4n) is 0. The lowest BCUT2D eigenvalue weighted by Gasteiger charge is -1.70. The average molecular weight is 129 g/mol. The highest BCUT2D eigenvalue weighted by atomic mass is 32.2. The minimum Gasteiger partial charge on any atom is -0.274 e. The van der Waals surface area contributed by atoms with Gasteiger partial charge in [-0.15, -0.1) is 0 Å². The van der Waals surface area contributed by atoms with Crippen LogP contribution in [0.5, 0.6) is 0 Å². The zero-order chi connectivity index (χ0) is 6.50. The van der Waals surface area contributed by atoms with Crippen LogP contribution in [0.15, 0.2) is 0 Å². The molecule has 7 N–H and O–H groups in total. The van der Waals surface area contributed by atoms with Gasteiger partial charge in [0.2, 0.25) is 0 Å². The highest BCUT2D eigenvalue weighted by molar-refractivity contribution is 7.83. The van der Waals surface area contributed by atoms with Crippen molar-refractivity contribution < 1.29 is 13.0 Å². The maximum absolute atomic E-state index is 8.97. The van der Waals surface area contributed by atoms with Crippen molar-refractivity contribution in [2.24, 2.45) is 16.8 Å². The van der Waals surface area contributed by atoms with Gasteiger partial charge in [-0.1, -0.05) is 0 Å². The Morgan fingerprint density at radius 2 is 1.29 bits per heavy atom. The summed E-state index contributed by atoms with van der Waals surface area (Å²) >= 11 is 0. The molecule has 7 heteroatoms. The number of hydrogen-bond donors (Lipinski definition) is 4. The Morgan fingerprint density at radius 1 is 1.29 bits per heavy atom. The van der Waals surface area contributed by atoms with E-state index in [1.807, 2.05) is 0 Å². The van der Waals surface area contributed by atoms with Crippen LogP contribution in [0.2, 0.25) is 0 Å². The molecule has 0 aliphatic heterocycles. The number of hydrazine groups is 1. The molecule has 0 fully saturated rings. The molecule has 0 radical (unpaired) electrons. The summed E-state index contributed by atoms with van der Waals surface area (Å²) in [6.45, 7) is 0. The van der Waals surface area contributed by atoms with E-state index in [0.29, 0.717) is 0 Å². The lowest BCUT2D eigenvalue weighted by atomic mass is 13.0. The molecule has 0 saturated heterocycles. The highest BCUT2D eigenvalue weighted by Gasteiger charge is 1.81. The van der Waals surface area contributed by atoms with Crippen molar-refractivity contribution in [3.8, 4) is 0 Å².